The lowest BCUT2D eigenvalue weighted by atomic mass is 9.99. The predicted molar refractivity (Wildman–Crippen MR) is 79.8 cm³/mol. The monoisotopic (exact) mass is 267 g/mol. The van der Waals surface area contributed by atoms with Crippen molar-refractivity contribution in [2.24, 2.45) is 7.05 Å². The van der Waals surface area contributed by atoms with Gasteiger partial charge in [-0.3, -0.25) is 0 Å². The Morgan fingerprint density at radius 2 is 1.85 bits per heavy atom. The molecular formula is C16H17N3O. The van der Waals surface area contributed by atoms with Gasteiger partial charge in [0.15, 0.2) is 5.82 Å². The lowest BCUT2D eigenvalue weighted by Gasteiger charge is -2.12. The maximum atomic E-state index is 9.98. The summed E-state index contributed by atoms with van der Waals surface area (Å²) < 4.78 is 1.95. The van der Waals surface area contributed by atoms with Gasteiger partial charge in [-0.25, -0.2) is 9.97 Å². The number of benzene rings is 1. The Kier molecular flexibility index (Phi) is 2.74. The fourth-order valence-electron chi connectivity index (χ4n) is 2.67. The number of rotatable bonds is 1. The minimum Gasteiger partial charge on any atom is -0.508 e. The first-order valence-corrected chi connectivity index (χ1v) is 6.57. The van der Waals surface area contributed by atoms with Gasteiger partial charge in [0, 0.05) is 30.4 Å². The average Bonchev–Trinajstić information content (AvgIpc) is 2.81. The normalized spacial score (nSPS) is 11.2. The van der Waals surface area contributed by atoms with Crippen molar-refractivity contribution in [2.45, 2.75) is 20.8 Å². The number of imidazole rings is 1. The summed E-state index contributed by atoms with van der Waals surface area (Å²) in [4.78, 5) is 9.10. The topological polar surface area (TPSA) is 50.9 Å². The lowest BCUT2D eigenvalue weighted by molar-refractivity contribution is 0.471. The van der Waals surface area contributed by atoms with Gasteiger partial charge in [-0.1, -0.05) is 0 Å². The van der Waals surface area contributed by atoms with Gasteiger partial charge >= 0.3 is 0 Å². The van der Waals surface area contributed by atoms with Crippen LogP contribution in [0.1, 0.15) is 16.7 Å². The summed E-state index contributed by atoms with van der Waals surface area (Å²) in [5.74, 6) is 1.17. The van der Waals surface area contributed by atoms with E-state index in [-0.39, 0.29) is 0 Å². The number of fused-ring (bicyclic) bond motifs is 1. The van der Waals surface area contributed by atoms with E-state index in [4.69, 9.17) is 4.98 Å². The molecular weight excluding hydrogens is 250 g/mol. The van der Waals surface area contributed by atoms with E-state index in [2.05, 4.69) is 4.98 Å². The summed E-state index contributed by atoms with van der Waals surface area (Å²) in [6, 6.07) is 3.79. The van der Waals surface area contributed by atoms with E-state index < -0.39 is 0 Å². The summed E-state index contributed by atoms with van der Waals surface area (Å²) in [5.41, 5.74) is 4.74. The molecule has 2 heterocycles. The molecule has 0 radical (unpaired) electrons. The largest absolute Gasteiger partial charge is 0.508 e. The molecule has 0 unspecified atom stereocenters. The quantitative estimate of drug-likeness (QED) is 0.736. The minimum atomic E-state index is 0.324. The highest BCUT2D eigenvalue weighted by atomic mass is 16.3. The fourth-order valence-corrected chi connectivity index (χ4v) is 2.67. The molecule has 0 spiro atoms. The van der Waals surface area contributed by atoms with Crippen LogP contribution in [-0.2, 0) is 7.05 Å². The Morgan fingerprint density at radius 1 is 1.10 bits per heavy atom. The predicted octanol–water partition coefficient (Wildman–Crippen LogP) is 3.27. The Morgan fingerprint density at radius 3 is 2.50 bits per heavy atom. The van der Waals surface area contributed by atoms with E-state index in [1.165, 1.54) is 0 Å². The van der Waals surface area contributed by atoms with Crippen molar-refractivity contribution in [2.75, 3.05) is 0 Å². The lowest BCUT2D eigenvalue weighted by Crippen LogP contribution is -1.98. The molecule has 0 aliphatic heterocycles. The van der Waals surface area contributed by atoms with Crippen LogP contribution in [0.15, 0.2) is 24.5 Å². The van der Waals surface area contributed by atoms with E-state index in [1.807, 2.05) is 44.6 Å². The van der Waals surface area contributed by atoms with Gasteiger partial charge in [0.1, 0.15) is 11.4 Å². The molecule has 102 valence electrons. The third-order valence-corrected chi connectivity index (χ3v) is 3.75. The second kappa shape index (κ2) is 4.34. The first-order valence-electron chi connectivity index (χ1n) is 6.57. The van der Waals surface area contributed by atoms with E-state index in [0.717, 1.165) is 39.1 Å². The van der Waals surface area contributed by atoms with Gasteiger partial charge in [-0.2, -0.15) is 0 Å². The molecule has 0 amide bonds. The standard InChI is InChI=1S/C16H17N3O/c1-9-7-12(16-17-5-6-19(16)4)18-15-10(2)8-13(20)11(3)14(9)15/h5-8,20H,1-4H3. The summed E-state index contributed by atoms with van der Waals surface area (Å²) in [5, 5.41) is 11.0. The molecule has 0 saturated carbocycles. The van der Waals surface area contributed by atoms with Crippen LogP contribution in [0, 0.1) is 20.8 Å². The number of phenolic OH excluding ortho intramolecular Hbond substituents is 1. The van der Waals surface area contributed by atoms with Gasteiger partial charge in [-0.15, -0.1) is 0 Å². The van der Waals surface area contributed by atoms with Crippen molar-refractivity contribution in [3.63, 3.8) is 0 Å². The van der Waals surface area contributed by atoms with Crippen molar-refractivity contribution in [3.8, 4) is 17.3 Å². The first kappa shape index (κ1) is 12.7. The second-order valence-electron chi connectivity index (χ2n) is 5.25. The number of hydrogen-bond acceptors (Lipinski definition) is 3. The van der Waals surface area contributed by atoms with E-state index in [9.17, 15) is 5.11 Å². The smallest absolute Gasteiger partial charge is 0.158 e. The second-order valence-corrected chi connectivity index (χ2v) is 5.25. The minimum absolute atomic E-state index is 0.324. The van der Waals surface area contributed by atoms with Crippen LogP contribution in [0.25, 0.3) is 22.4 Å². The van der Waals surface area contributed by atoms with Crippen LogP contribution < -0.4 is 0 Å². The molecule has 0 atom stereocenters. The molecule has 0 aliphatic carbocycles. The van der Waals surface area contributed by atoms with Gasteiger partial charge in [0.05, 0.1) is 5.52 Å². The van der Waals surface area contributed by atoms with Crippen LogP contribution >= 0.6 is 0 Å². The van der Waals surface area contributed by atoms with Crippen LogP contribution in [0.5, 0.6) is 5.75 Å². The highest BCUT2D eigenvalue weighted by Crippen LogP contribution is 2.32. The zero-order valence-electron chi connectivity index (χ0n) is 12.1. The Hall–Kier alpha value is -2.36. The Bertz CT molecular complexity index is 818. The van der Waals surface area contributed by atoms with Gasteiger partial charge in [0.2, 0.25) is 0 Å². The summed E-state index contributed by atoms with van der Waals surface area (Å²) in [7, 11) is 1.96. The molecule has 0 fully saturated rings. The highest BCUT2D eigenvalue weighted by molar-refractivity contribution is 5.91. The molecule has 4 nitrogen and oxygen atoms in total. The number of aromatic nitrogens is 3. The maximum absolute atomic E-state index is 9.98. The summed E-state index contributed by atoms with van der Waals surface area (Å²) >= 11 is 0. The number of phenols is 1. The highest BCUT2D eigenvalue weighted by Gasteiger charge is 2.13. The molecule has 2 aromatic heterocycles. The molecule has 3 rings (SSSR count). The van der Waals surface area contributed by atoms with Crippen molar-refractivity contribution >= 4 is 10.9 Å². The molecule has 20 heavy (non-hydrogen) atoms. The van der Waals surface area contributed by atoms with Crippen molar-refractivity contribution in [3.05, 3.63) is 41.2 Å². The number of nitrogens with zero attached hydrogens (tertiary/aromatic N) is 3. The Labute approximate surface area is 117 Å². The summed E-state index contributed by atoms with van der Waals surface area (Å²) in [6.45, 7) is 5.94. The van der Waals surface area contributed by atoms with E-state index >= 15 is 0 Å². The molecule has 4 heteroatoms. The molecule has 0 saturated heterocycles. The van der Waals surface area contributed by atoms with Crippen molar-refractivity contribution in [1.82, 2.24) is 14.5 Å². The first-order chi connectivity index (χ1) is 9.49. The maximum Gasteiger partial charge on any atom is 0.158 e. The summed E-state index contributed by atoms with van der Waals surface area (Å²) in [6.07, 6.45) is 3.68. The number of aromatic hydroxyl groups is 1. The van der Waals surface area contributed by atoms with Crippen molar-refractivity contribution in [1.29, 1.82) is 0 Å². The number of pyridine rings is 1. The van der Waals surface area contributed by atoms with Gasteiger partial charge < -0.3 is 9.67 Å². The number of hydrogen-bond donors (Lipinski definition) is 1. The zero-order valence-corrected chi connectivity index (χ0v) is 12.1. The average molecular weight is 267 g/mol. The molecule has 3 aromatic rings. The molecule has 1 N–H and O–H groups in total. The molecule has 1 aromatic carbocycles. The third kappa shape index (κ3) is 1.76. The zero-order chi connectivity index (χ0) is 14.4. The van der Waals surface area contributed by atoms with E-state index in [0.29, 0.717) is 5.75 Å². The Balaban J connectivity index is 2.39. The van der Waals surface area contributed by atoms with Crippen LogP contribution in [0.4, 0.5) is 0 Å². The fraction of sp³-hybridized carbons (Fsp3) is 0.250. The SMILES string of the molecule is Cc1cc(O)c(C)c2c(C)cc(-c3nccn3C)nc12. The van der Waals surface area contributed by atoms with Crippen LogP contribution in [-0.4, -0.2) is 19.6 Å². The van der Waals surface area contributed by atoms with Gasteiger partial charge in [-0.05, 0) is 44.0 Å². The van der Waals surface area contributed by atoms with Gasteiger partial charge in [0.25, 0.3) is 0 Å². The molecule has 0 bridgehead atoms. The van der Waals surface area contributed by atoms with E-state index in [1.54, 1.807) is 12.3 Å². The van der Waals surface area contributed by atoms with Crippen LogP contribution in [0.2, 0.25) is 0 Å². The molecule has 0 aliphatic rings. The van der Waals surface area contributed by atoms with Crippen LogP contribution in [0.3, 0.4) is 0 Å². The third-order valence-electron chi connectivity index (χ3n) is 3.75. The van der Waals surface area contributed by atoms with Crippen molar-refractivity contribution < 1.29 is 5.11 Å². The number of aryl methyl sites for hydroxylation is 4.